The number of terminal acetylenes is 1. The van der Waals surface area contributed by atoms with Gasteiger partial charge in [-0.05, 0) is 39.3 Å². The molecule has 0 bridgehead atoms. The monoisotopic (exact) mass is 367 g/mol. The highest BCUT2D eigenvalue weighted by Crippen LogP contribution is 2.60. The summed E-state index contributed by atoms with van der Waals surface area (Å²) < 4.78 is 6.15. The van der Waals surface area contributed by atoms with Gasteiger partial charge in [-0.25, -0.2) is 0 Å². The molecule has 1 rings (SSSR count). The van der Waals surface area contributed by atoms with Crippen molar-refractivity contribution in [2.75, 3.05) is 6.61 Å². The van der Waals surface area contributed by atoms with E-state index >= 15 is 0 Å². The van der Waals surface area contributed by atoms with Crippen molar-refractivity contribution in [2.24, 2.45) is 11.3 Å². The predicted molar refractivity (Wildman–Crippen MR) is 109 cm³/mol. The zero-order valence-corrected chi connectivity index (χ0v) is 19.7. The summed E-state index contributed by atoms with van der Waals surface area (Å²) in [5.74, 6) is 3.42. The van der Waals surface area contributed by atoms with Gasteiger partial charge in [0, 0.05) is 18.1 Å². The van der Waals surface area contributed by atoms with Crippen LogP contribution in [0, 0.1) is 23.7 Å². The zero-order chi connectivity index (χ0) is 19.1. The summed E-state index contributed by atoms with van der Waals surface area (Å²) in [5, 5.41) is -0.399. The number of nitrogens with zero attached hydrogens (tertiary/aromatic N) is 1. The Morgan fingerprint density at radius 3 is 2.00 bits per heavy atom. The van der Waals surface area contributed by atoms with Crippen LogP contribution in [-0.4, -0.2) is 46.8 Å². The van der Waals surface area contributed by atoms with Crippen molar-refractivity contribution in [1.82, 2.24) is 4.90 Å². The normalized spacial score (nSPS) is 26.5. The first-order valence-electron chi connectivity index (χ1n) is 9.13. The molecule has 3 atom stereocenters. The number of hydrogen-bond acceptors (Lipinski definition) is 2. The molecule has 0 aliphatic carbocycles. The summed E-state index contributed by atoms with van der Waals surface area (Å²) in [6, 6.07) is -0.113. The summed E-state index contributed by atoms with van der Waals surface area (Å²) in [5.41, 5.74) is -0.258. The van der Waals surface area contributed by atoms with Crippen LogP contribution in [0.15, 0.2) is 0 Å². The minimum absolute atomic E-state index is 0.0186. The van der Waals surface area contributed by atoms with Gasteiger partial charge in [-0.2, -0.15) is 0 Å². The lowest BCUT2D eigenvalue weighted by molar-refractivity contribution is -0.167. The Morgan fingerprint density at radius 2 is 1.71 bits per heavy atom. The molecule has 0 saturated carbocycles. The van der Waals surface area contributed by atoms with Gasteiger partial charge < -0.3 is 9.33 Å². The number of β-lactam (4-membered cyclic amide) rings is 1. The Balaban J connectivity index is 3.42. The number of likely N-dealkylation sites (tertiary alicyclic amines) is 1. The van der Waals surface area contributed by atoms with Crippen molar-refractivity contribution in [3.05, 3.63) is 0 Å². The summed E-state index contributed by atoms with van der Waals surface area (Å²) in [6.45, 7) is 22.5. The summed E-state index contributed by atoms with van der Waals surface area (Å²) >= 11 is 0. The van der Waals surface area contributed by atoms with Crippen molar-refractivity contribution < 1.29 is 9.22 Å². The van der Waals surface area contributed by atoms with Gasteiger partial charge in [0.25, 0.3) is 0 Å². The molecule has 1 aliphatic rings. The minimum Gasteiger partial charge on any atom is -0.420 e. The molecule has 1 heterocycles. The van der Waals surface area contributed by atoms with Crippen LogP contribution in [0.2, 0.25) is 31.2 Å². The third-order valence-electron chi connectivity index (χ3n) is 5.35. The fraction of sp³-hybridized carbons (Fsp3) is 0.842. The van der Waals surface area contributed by atoms with E-state index in [0.717, 1.165) is 0 Å². The molecule has 138 valence electrons. The Hall–Kier alpha value is -0.576. The fourth-order valence-electron chi connectivity index (χ4n) is 4.19. The minimum atomic E-state index is -1.38. The van der Waals surface area contributed by atoms with Crippen LogP contribution in [-0.2, 0) is 9.22 Å². The maximum Gasteiger partial charge on any atom is 0.230 e. The first-order valence-corrected chi connectivity index (χ1v) is 14.8. The summed E-state index contributed by atoms with van der Waals surface area (Å²) in [7, 11) is -2.52. The van der Waals surface area contributed by atoms with Gasteiger partial charge in [0.1, 0.15) is 6.04 Å². The Bertz CT molecular complexity index is 511. The van der Waals surface area contributed by atoms with Crippen LogP contribution in [0.1, 0.15) is 41.5 Å². The largest absolute Gasteiger partial charge is 0.420 e. The molecule has 24 heavy (non-hydrogen) atoms. The molecule has 1 fully saturated rings. The molecule has 3 nitrogen and oxygen atoms in total. The molecule has 0 aromatic carbocycles. The molecule has 1 saturated heterocycles. The fourth-order valence-corrected chi connectivity index (χ4v) is 7.68. The average molecular weight is 368 g/mol. The Morgan fingerprint density at radius 1 is 1.21 bits per heavy atom. The second-order valence-electron chi connectivity index (χ2n) is 9.80. The number of carbonyl (C=O) groups excluding carboxylic acids is 1. The number of carbonyl (C=O) groups is 1. The third-order valence-corrected chi connectivity index (χ3v) is 9.09. The zero-order valence-electron chi connectivity index (χ0n) is 17.4. The van der Waals surface area contributed by atoms with E-state index in [-0.39, 0.29) is 28.8 Å². The van der Waals surface area contributed by atoms with Gasteiger partial charge in [0.05, 0.1) is 13.8 Å². The van der Waals surface area contributed by atoms with E-state index < -0.39 is 22.9 Å². The second-order valence-corrected chi connectivity index (χ2v) is 15.5. The van der Waals surface area contributed by atoms with Gasteiger partial charge in [-0.1, -0.05) is 39.8 Å². The molecule has 0 radical (unpaired) electrons. The van der Waals surface area contributed by atoms with E-state index in [9.17, 15) is 4.79 Å². The van der Waals surface area contributed by atoms with E-state index in [2.05, 4.69) is 73.7 Å². The van der Waals surface area contributed by atoms with Crippen LogP contribution < -0.4 is 0 Å². The number of rotatable bonds is 5. The lowest BCUT2D eigenvalue weighted by Gasteiger charge is -2.65. The topological polar surface area (TPSA) is 29.5 Å². The maximum absolute atomic E-state index is 13.5. The van der Waals surface area contributed by atoms with Crippen molar-refractivity contribution in [1.29, 1.82) is 0 Å². The lowest BCUT2D eigenvalue weighted by Crippen LogP contribution is -2.76. The molecule has 0 aromatic heterocycles. The molecule has 0 aromatic rings. The second kappa shape index (κ2) is 6.97. The van der Waals surface area contributed by atoms with Crippen LogP contribution >= 0.6 is 0 Å². The van der Waals surface area contributed by atoms with Gasteiger partial charge in [-0.3, -0.25) is 4.79 Å². The van der Waals surface area contributed by atoms with Crippen LogP contribution in [0.3, 0.4) is 0 Å². The summed E-state index contributed by atoms with van der Waals surface area (Å²) in [4.78, 5) is 15.4. The van der Waals surface area contributed by atoms with Crippen molar-refractivity contribution in [2.45, 2.75) is 84.3 Å². The average Bonchev–Trinajstić information content (AvgIpc) is 2.35. The standard InChI is InChI=1S/C19H37NO2Si2/c1-12-15-19(23(8)9,16(21)20(15)18(5,6)7)14(17(2,3)4)13-22-24(10)11/h1,14-15,23-24H,13H2,2-11H3. The highest BCUT2D eigenvalue weighted by Gasteiger charge is 2.69. The highest BCUT2D eigenvalue weighted by atomic mass is 28.3. The first kappa shape index (κ1) is 21.5. The molecular formula is C19H37NO2Si2. The molecule has 1 aliphatic heterocycles. The number of amides is 1. The Kier molecular flexibility index (Phi) is 6.24. The lowest BCUT2D eigenvalue weighted by atomic mass is 9.64. The Labute approximate surface area is 152 Å². The van der Waals surface area contributed by atoms with E-state index in [1.165, 1.54) is 0 Å². The van der Waals surface area contributed by atoms with Crippen LogP contribution in [0.25, 0.3) is 0 Å². The molecule has 1 amide bonds. The SMILES string of the molecule is C#CC1N(C(C)(C)C)C(=O)C1(C(CO[SiH](C)C)C(C)(C)C)[SiH](C)C. The molecule has 3 unspecified atom stereocenters. The van der Waals surface area contributed by atoms with E-state index in [1.807, 2.05) is 4.90 Å². The van der Waals surface area contributed by atoms with Crippen LogP contribution in [0.5, 0.6) is 0 Å². The molecular weight excluding hydrogens is 330 g/mol. The molecule has 5 heteroatoms. The van der Waals surface area contributed by atoms with Crippen molar-refractivity contribution in [3.8, 4) is 12.3 Å². The molecule has 0 N–H and O–H groups in total. The van der Waals surface area contributed by atoms with E-state index in [0.29, 0.717) is 6.61 Å². The predicted octanol–water partition coefficient (Wildman–Crippen LogP) is 3.52. The van der Waals surface area contributed by atoms with E-state index in [1.54, 1.807) is 0 Å². The highest BCUT2D eigenvalue weighted by molar-refractivity contribution is 6.66. The van der Waals surface area contributed by atoms with Crippen LogP contribution in [0.4, 0.5) is 0 Å². The summed E-state index contributed by atoms with van der Waals surface area (Å²) in [6.07, 6.45) is 5.98. The third kappa shape index (κ3) is 3.51. The van der Waals surface area contributed by atoms with Crippen molar-refractivity contribution in [3.63, 3.8) is 0 Å². The van der Waals surface area contributed by atoms with Gasteiger partial charge >= 0.3 is 0 Å². The number of hydrogen-bond donors (Lipinski definition) is 0. The van der Waals surface area contributed by atoms with Gasteiger partial charge in [0.2, 0.25) is 5.91 Å². The van der Waals surface area contributed by atoms with Gasteiger partial charge in [-0.15, -0.1) is 6.42 Å². The van der Waals surface area contributed by atoms with E-state index in [4.69, 9.17) is 10.8 Å². The first-order chi connectivity index (χ1) is 10.7. The smallest absolute Gasteiger partial charge is 0.230 e. The van der Waals surface area contributed by atoms with Crippen molar-refractivity contribution >= 4 is 23.7 Å². The maximum atomic E-state index is 13.5. The quantitative estimate of drug-likeness (QED) is 0.423. The van der Waals surface area contributed by atoms with Gasteiger partial charge in [0.15, 0.2) is 9.04 Å². The molecule has 0 spiro atoms.